The van der Waals surface area contributed by atoms with Crippen LogP contribution >= 0.6 is 11.3 Å². The molecule has 2 aromatic heterocycles. The molecular weight excluding hydrogens is 253 g/mol. The van der Waals surface area contributed by atoms with Crippen LogP contribution in [0.5, 0.6) is 0 Å². The smallest absolute Gasteiger partial charge is 0.375 e. The molecule has 0 unspecified atom stereocenters. The Balaban J connectivity index is 2.50. The molecule has 2 N–H and O–H groups in total. The summed E-state index contributed by atoms with van der Waals surface area (Å²) in [6, 6.07) is 1.40. The maximum absolute atomic E-state index is 12.4. The lowest BCUT2D eigenvalue weighted by Crippen LogP contribution is -2.10. The minimum Gasteiger partial charge on any atom is -0.375 e. The van der Waals surface area contributed by atoms with Crippen LogP contribution in [0.1, 0.15) is 11.5 Å². The predicted molar refractivity (Wildman–Crippen MR) is 57.3 cm³/mol. The van der Waals surface area contributed by atoms with Gasteiger partial charge in [0.15, 0.2) is 5.13 Å². The van der Waals surface area contributed by atoms with Crippen molar-refractivity contribution in [1.29, 1.82) is 0 Å². The van der Waals surface area contributed by atoms with E-state index in [1.807, 2.05) is 0 Å². The van der Waals surface area contributed by atoms with E-state index < -0.39 is 12.0 Å². The fourth-order valence-electron chi connectivity index (χ4n) is 1.28. The monoisotopic (exact) mass is 260 g/mol. The van der Waals surface area contributed by atoms with E-state index in [0.717, 1.165) is 17.5 Å². The molecule has 0 fully saturated rings. The van der Waals surface area contributed by atoms with Crippen molar-refractivity contribution >= 4 is 16.5 Å². The molecular formula is C9H7F3N4S. The number of halogens is 3. The molecule has 0 aromatic carbocycles. The zero-order valence-corrected chi connectivity index (χ0v) is 9.43. The number of rotatable bonds is 1. The van der Waals surface area contributed by atoms with Crippen LogP contribution in [0.2, 0.25) is 0 Å². The largest absolute Gasteiger partial charge is 0.451 e. The molecule has 4 nitrogen and oxygen atoms in total. The van der Waals surface area contributed by atoms with Gasteiger partial charge in [0, 0.05) is 6.20 Å². The van der Waals surface area contributed by atoms with Gasteiger partial charge in [0.2, 0.25) is 5.82 Å². The van der Waals surface area contributed by atoms with Crippen molar-refractivity contribution in [3.8, 4) is 10.6 Å². The Bertz CT molecular complexity index is 549. The fourth-order valence-corrected chi connectivity index (χ4v) is 2.08. The highest BCUT2D eigenvalue weighted by Gasteiger charge is 2.34. The molecule has 0 aliphatic heterocycles. The van der Waals surface area contributed by atoms with E-state index in [0.29, 0.717) is 15.7 Å². The number of anilines is 1. The lowest BCUT2D eigenvalue weighted by Gasteiger charge is -2.05. The molecule has 90 valence electrons. The van der Waals surface area contributed by atoms with Crippen molar-refractivity contribution in [3.05, 3.63) is 23.8 Å². The molecule has 0 bridgehead atoms. The quantitative estimate of drug-likeness (QED) is 0.855. The zero-order chi connectivity index (χ0) is 12.6. The molecule has 17 heavy (non-hydrogen) atoms. The van der Waals surface area contributed by atoms with E-state index >= 15 is 0 Å². The summed E-state index contributed by atoms with van der Waals surface area (Å²) in [5, 5.41) is 0.296. The molecule has 0 atom stereocenters. The van der Waals surface area contributed by atoms with E-state index in [1.54, 1.807) is 6.92 Å². The topological polar surface area (TPSA) is 64.7 Å². The van der Waals surface area contributed by atoms with Gasteiger partial charge in [0.25, 0.3) is 0 Å². The van der Waals surface area contributed by atoms with E-state index in [2.05, 4.69) is 15.0 Å². The van der Waals surface area contributed by atoms with Crippen molar-refractivity contribution in [3.63, 3.8) is 0 Å². The molecule has 0 aliphatic carbocycles. The summed E-state index contributed by atoms with van der Waals surface area (Å²) in [5.74, 6) is -1.17. The van der Waals surface area contributed by atoms with Crippen molar-refractivity contribution < 1.29 is 13.2 Å². The number of hydrogen-bond acceptors (Lipinski definition) is 5. The first-order chi connectivity index (χ1) is 7.88. The molecule has 0 radical (unpaired) electrons. The van der Waals surface area contributed by atoms with E-state index in [1.165, 1.54) is 6.07 Å². The number of thiazole rings is 1. The van der Waals surface area contributed by atoms with E-state index in [4.69, 9.17) is 5.73 Å². The number of nitrogen functional groups attached to an aromatic ring is 1. The third kappa shape index (κ3) is 2.36. The summed E-state index contributed by atoms with van der Waals surface area (Å²) in [4.78, 5) is 11.1. The van der Waals surface area contributed by atoms with Gasteiger partial charge in [-0.2, -0.15) is 13.2 Å². The summed E-state index contributed by atoms with van der Waals surface area (Å²) < 4.78 is 37.3. The third-order valence-corrected chi connectivity index (χ3v) is 2.96. The predicted octanol–water partition coefficient (Wildman–Crippen LogP) is 2.51. The Kier molecular flexibility index (Phi) is 2.74. The van der Waals surface area contributed by atoms with Crippen LogP contribution in [0.4, 0.5) is 18.3 Å². The van der Waals surface area contributed by atoms with Gasteiger partial charge in [-0.3, -0.25) is 0 Å². The first-order valence-electron chi connectivity index (χ1n) is 4.51. The van der Waals surface area contributed by atoms with Crippen molar-refractivity contribution in [2.24, 2.45) is 0 Å². The van der Waals surface area contributed by atoms with Gasteiger partial charge in [-0.15, -0.1) is 0 Å². The molecule has 2 heterocycles. The second-order valence-electron chi connectivity index (χ2n) is 3.23. The minimum absolute atomic E-state index is 0.180. The molecule has 0 spiro atoms. The minimum atomic E-state index is -4.56. The number of nitrogens with two attached hydrogens (primary N) is 1. The Morgan fingerprint density at radius 1 is 1.29 bits per heavy atom. The highest BCUT2D eigenvalue weighted by atomic mass is 32.1. The van der Waals surface area contributed by atoms with Crippen LogP contribution in [0.15, 0.2) is 12.3 Å². The number of aryl methyl sites for hydroxylation is 1. The third-order valence-electron chi connectivity index (χ3n) is 1.95. The van der Waals surface area contributed by atoms with Crippen LogP contribution in [-0.4, -0.2) is 15.0 Å². The van der Waals surface area contributed by atoms with Gasteiger partial charge < -0.3 is 5.73 Å². The van der Waals surface area contributed by atoms with Crippen LogP contribution in [0.25, 0.3) is 10.6 Å². The summed E-state index contributed by atoms with van der Waals surface area (Å²) in [5.41, 5.74) is 6.22. The molecule has 2 aromatic rings. The Hall–Kier alpha value is -1.70. The normalized spacial score (nSPS) is 11.8. The highest BCUT2D eigenvalue weighted by molar-refractivity contribution is 7.18. The second kappa shape index (κ2) is 3.95. The lowest BCUT2D eigenvalue weighted by atomic mass is 10.3. The number of hydrogen-bond donors (Lipinski definition) is 1. The van der Waals surface area contributed by atoms with Gasteiger partial charge in [0.05, 0.1) is 16.3 Å². The molecule has 8 heteroatoms. The molecule has 0 amide bonds. The van der Waals surface area contributed by atoms with Crippen LogP contribution < -0.4 is 5.73 Å². The average Bonchev–Trinajstić information content (AvgIpc) is 2.57. The van der Waals surface area contributed by atoms with Gasteiger partial charge in [-0.25, -0.2) is 15.0 Å². The summed E-state index contributed by atoms with van der Waals surface area (Å²) in [7, 11) is 0. The molecule has 0 aliphatic rings. The number of alkyl halides is 3. The van der Waals surface area contributed by atoms with Crippen LogP contribution in [0, 0.1) is 6.92 Å². The second-order valence-corrected chi connectivity index (χ2v) is 4.26. The molecule has 0 saturated heterocycles. The number of aromatic nitrogens is 3. The van der Waals surface area contributed by atoms with Gasteiger partial charge >= 0.3 is 6.18 Å². The van der Waals surface area contributed by atoms with Gasteiger partial charge in [0.1, 0.15) is 0 Å². The number of nitrogens with zero attached hydrogens (tertiary/aromatic N) is 3. The summed E-state index contributed by atoms with van der Waals surface area (Å²) >= 11 is 1.10. The van der Waals surface area contributed by atoms with Crippen LogP contribution in [0.3, 0.4) is 0 Å². The maximum atomic E-state index is 12.4. The van der Waals surface area contributed by atoms with Gasteiger partial charge in [-0.1, -0.05) is 11.3 Å². The van der Waals surface area contributed by atoms with Crippen molar-refractivity contribution in [2.75, 3.05) is 5.73 Å². The standard InChI is InChI=1S/C9H7F3N4S/c1-4-6(17-8(13)15-4)5-2-3-14-7(16-5)9(10,11)12/h2-3H,1H3,(H2,13,15). The van der Waals surface area contributed by atoms with Crippen LogP contribution in [-0.2, 0) is 6.18 Å². The summed E-state index contributed by atoms with van der Waals surface area (Å²) in [6.07, 6.45) is -3.49. The maximum Gasteiger partial charge on any atom is 0.451 e. The average molecular weight is 260 g/mol. The molecule has 2 rings (SSSR count). The Morgan fingerprint density at radius 2 is 2.00 bits per heavy atom. The first kappa shape index (κ1) is 11.8. The summed E-state index contributed by atoms with van der Waals surface area (Å²) in [6.45, 7) is 1.66. The molecule has 0 saturated carbocycles. The SMILES string of the molecule is Cc1nc(N)sc1-c1ccnc(C(F)(F)F)n1. The first-order valence-corrected chi connectivity index (χ1v) is 5.33. The van der Waals surface area contributed by atoms with E-state index in [9.17, 15) is 13.2 Å². The van der Waals surface area contributed by atoms with Crippen molar-refractivity contribution in [2.45, 2.75) is 13.1 Å². The fraction of sp³-hybridized carbons (Fsp3) is 0.222. The Morgan fingerprint density at radius 3 is 2.53 bits per heavy atom. The highest BCUT2D eigenvalue weighted by Crippen LogP contribution is 2.32. The van der Waals surface area contributed by atoms with Crippen molar-refractivity contribution in [1.82, 2.24) is 15.0 Å². The van der Waals surface area contributed by atoms with Gasteiger partial charge in [-0.05, 0) is 13.0 Å². The zero-order valence-electron chi connectivity index (χ0n) is 8.62. The van der Waals surface area contributed by atoms with E-state index in [-0.39, 0.29) is 5.69 Å². The lowest BCUT2D eigenvalue weighted by molar-refractivity contribution is -0.144. The Labute approximate surface area is 98.4 Å².